The maximum absolute atomic E-state index is 10.9. The van der Waals surface area contributed by atoms with Crippen molar-refractivity contribution in [3.8, 4) is 5.75 Å². The number of methoxy groups -OCH3 is 1. The van der Waals surface area contributed by atoms with E-state index in [1.54, 1.807) is 13.3 Å². The fraction of sp³-hybridized carbons (Fsp3) is 0.0667. The van der Waals surface area contributed by atoms with Crippen LogP contribution in [0.1, 0.15) is 15.9 Å². The Morgan fingerprint density at radius 1 is 1.33 bits per heavy atom. The highest BCUT2D eigenvalue weighted by molar-refractivity contribution is 6.33. The Hall–Kier alpha value is -2.53. The second kappa shape index (κ2) is 6.76. The summed E-state index contributed by atoms with van der Waals surface area (Å²) in [5.74, 6) is -0.336. The molecular formula is C15H13ClN2O3. The molecule has 2 aromatic carbocycles. The molecule has 0 fully saturated rings. The average molecular weight is 305 g/mol. The van der Waals surface area contributed by atoms with Gasteiger partial charge in [0, 0.05) is 5.56 Å². The number of hydrazone groups is 1. The number of aromatic carboxylic acids is 1. The van der Waals surface area contributed by atoms with Crippen LogP contribution in [0.2, 0.25) is 5.02 Å². The molecule has 0 amide bonds. The number of halogens is 1. The molecule has 0 atom stereocenters. The highest BCUT2D eigenvalue weighted by Crippen LogP contribution is 2.23. The first-order valence-corrected chi connectivity index (χ1v) is 6.44. The molecule has 6 heteroatoms. The van der Waals surface area contributed by atoms with Crippen molar-refractivity contribution in [1.29, 1.82) is 0 Å². The van der Waals surface area contributed by atoms with Gasteiger partial charge in [0.2, 0.25) is 0 Å². The van der Waals surface area contributed by atoms with Crippen molar-refractivity contribution < 1.29 is 14.6 Å². The molecule has 0 saturated heterocycles. The molecule has 0 aliphatic rings. The van der Waals surface area contributed by atoms with Gasteiger partial charge in [0.05, 0.1) is 29.6 Å². The number of ether oxygens (including phenoxy) is 1. The third kappa shape index (κ3) is 3.73. The second-order valence-electron chi connectivity index (χ2n) is 4.11. The van der Waals surface area contributed by atoms with E-state index in [4.69, 9.17) is 21.4 Å². The Balaban J connectivity index is 2.17. The highest BCUT2D eigenvalue weighted by atomic mass is 35.5. The van der Waals surface area contributed by atoms with E-state index in [-0.39, 0.29) is 5.56 Å². The van der Waals surface area contributed by atoms with Crippen molar-refractivity contribution in [2.45, 2.75) is 0 Å². The van der Waals surface area contributed by atoms with Crippen molar-refractivity contribution in [3.05, 3.63) is 58.6 Å². The standard InChI is InChI=1S/C15H13ClN2O3/c1-21-14-5-3-2-4-11(14)9-17-18-13-8-10(15(19)20)6-7-12(13)16/h2-9,18H,1H3,(H,19,20)/b17-9-. The first-order chi connectivity index (χ1) is 10.1. The van der Waals surface area contributed by atoms with E-state index >= 15 is 0 Å². The van der Waals surface area contributed by atoms with Gasteiger partial charge in [0.1, 0.15) is 5.75 Å². The second-order valence-corrected chi connectivity index (χ2v) is 4.52. The summed E-state index contributed by atoms with van der Waals surface area (Å²) in [4.78, 5) is 10.9. The lowest BCUT2D eigenvalue weighted by Gasteiger charge is -2.06. The fourth-order valence-electron chi connectivity index (χ4n) is 1.69. The highest BCUT2D eigenvalue weighted by Gasteiger charge is 2.06. The first-order valence-electron chi connectivity index (χ1n) is 6.06. The van der Waals surface area contributed by atoms with Gasteiger partial charge in [-0.15, -0.1) is 0 Å². The number of rotatable bonds is 5. The zero-order valence-electron chi connectivity index (χ0n) is 11.2. The summed E-state index contributed by atoms with van der Waals surface area (Å²) in [6.07, 6.45) is 1.57. The largest absolute Gasteiger partial charge is 0.496 e. The number of nitrogens with zero attached hydrogens (tertiary/aromatic N) is 1. The third-order valence-corrected chi connectivity index (χ3v) is 3.07. The average Bonchev–Trinajstić information content (AvgIpc) is 2.49. The van der Waals surface area contributed by atoms with Crippen LogP contribution in [-0.4, -0.2) is 24.4 Å². The number of para-hydroxylation sites is 1. The molecule has 0 heterocycles. The number of benzene rings is 2. The minimum atomic E-state index is -1.02. The predicted molar refractivity (Wildman–Crippen MR) is 82.6 cm³/mol. The summed E-state index contributed by atoms with van der Waals surface area (Å²) in [5.41, 5.74) is 4.07. The summed E-state index contributed by atoms with van der Waals surface area (Å²) in [5, 5.41) is 13.4. The monoisotopic (exact) mass is 304 g/mol. The van der Waals surface area contributed by atoms with Gasteiger partial charge in [-0.25, -0.2) is 4.79 Å². The van der Waals surface area contributed by atoms with Crippen LogP contribution in [0.15, 0.2) is 47.6 Å². The maximum atomic E-state index is 10.9. The topological polar surface area (TPSA) is 70.9 Å². The van der Waals surface area contributed by atoms with Crippen LogP contribution >= 0.6 is 11.6 Å². The molecule has 2 aromatic rings. The molecule has 2 rings (SSSR count). The molecule has 0 aromatic heterocycles. The minimum absolute atomic E-state index is 0.134. The van der Waals surface area contributed by atoms with Crippen LogP contribution in [0.5, 0.6) is 5.75 Å². The van der Waals surface area contributed by atoms with Crippen LogP contribution in [0.25, 0.3) is 0 Å². The van der Waals surface area contributed by atoms with Crippen molar-refractivity contribution >= 4 is 29.5 Å². The van der Waals surface area contributed by atoms with Gasteiger partial charge < -0.3 is 9.84 Å². The number of anilines is 1. The van der Waals surface area contributed by atoms with E-state index in [2.05, 4.69) is 10.5 Å². The number of hydrogen-bond donors (Lipinski definition) is 2. The van der Waals surface area contributed by atoms with E-state index in [1.165, 1.54) is 18.2 Å². The summed E-state index contributed by atoms with van der Waals surface area (Å²) < 4.78 is 5.20. The molecule has 0 aliphatic carbocycles. The Morgan fingerprint density at radius 2 is 2.10 bits per heavy atom. The normalized spacial score (nSPS) is 10.6. The lowest BCUT2D eigenvalue weighted by atomic mass is 10.2. The fourth-order valence-corrected chi connectivity index (χ4v) is 1.85. The first kappa shape index (κ1) is 14.9. The third-order valence-electron chi connectivity index (χ3n) is 2.74. The molecule has 0 spiro atoms. The van der Waals surface area contributed by atoms with Crippen LogP contribution in [0.4, 0.5) is 5.69 Å². The molecule has 0 aliphatic heterocycles. The van der Waals surface area contributed by atoms with Crippen LogP contribution < -0.4 is 10.2 Å². The quantitative estimate of drug-likeness (QED) is 0.655. The van der Waals surface area contributed by atoms with Crippen LogP contribution in [0, 0.1) is 0 Å². The SMILES string of the molecule is COc1ccccc1/C=N\Nc1cc(C(=O)O)ccc1Cl. The Morgan fingerprint density at radius 3 is 2.81 bits per heavy atom. The lowest BCUT2D eigenvalue weighted by Crippen LogP contribution is -1.99. The Bertz CT molecular complexity index is 686. The molecule has 0 unspecified atom stereocenters. The van der Waals surface area contributed by atoms with E-state index in [1.807, 2.05) is 24.3 Å². The molecule has 0 bridgehead atoms. The number of hydrogen-bond acceptors (Lipinski definition) is 4. The van der Waals surface area contributed by atoms with Gasteiger partial charge in [-0.2, -0.15) is 5.10 Å². The zero-order valence-corrected chi connectivity index (χ0v) is 12.0. The molecule has 0 saturated carbocycles. The van der Waals surface area contributed by atoms with Crippen molar-refractivity contribution in [1.82, 2.24) is 0 Å². The molecular weight excluding hydrogens is 292 g/mol. The van der Waals surface area contributed by atoms with Crippen LogP contribution in [0.3, 0.4) is 0 Å². The Kier molecular flexibility index (Phi) is 4.79. The van der Waals surface area contributed by atoms with E-state index in [9.17, 15) is 4.79 Å². The van der Waals surface area contributed by atoms with Crippen molar-refractivity contribution in [2.75, 3.05) is 12.5 Å². The molecule has 108 valence electrons. The van der Waals surface area contributed by atoms with Gasteiger partial charge in [0.25, 0.3) is 0 Å². The summed E-state index contributed by atoms with van der Waals surface area (Å²) in [7, 11) is 1.58. The Labute approximate surface area is 126 Å². The number of carboxylic acid groups (broad SMARTS) is 1. The van der Waals surface area contributed by atoms with Crippen molar-refractivity contribution in [2.24, 2.45) is 5.10 Å². The number of nitrogens with one attached hydrogen (secondary N) is 1. The summed E-state index contributed by atoms with van der Waals surface area (Å²) in [6.45, 7) is 0. The van der Waals surface area contributed by atoms with E-state index in [0.717, 1.165) is 5.56 Å². The van der Waals surface area contributed by atoms with E-state index < -0.39 is 5.97 Å². The number of carboxylic acids is 1. The smallest absolute Gasteiger partial charge is 0.335 e. The summed E-state index contributed by atoms with van der Waals surface area (Å²) in [6, 6.07) is 11.7. The predicted octanol–water partition coefficient (Wildman–Crippen LogP) is 3.49. The summed E-state index contributed by atoms with van der Waals surface area (Å²) >= 11 is 5.99. The van der Waals surface area contributed by atoms with Gasteiger partial charge >= 0.3 is 5.97 Å². The van der Waals surface area contributed by atoms with Crippen LogP contribution in [-0.2, 0) is 0 Å². The lowest BCUT2D eigenvalue weighted by molar-refractivity contribution is 0.0697. The molecule has 21 heavy (non-hydrogen) atoms. The maximum Gasteiger partial charge on any atom is 0.335 e. The molecule has 5 nitrogen and oxygen atoms in total. The van der Waals surface area contributed by atoms with Gasteiger partial charge in [-0.1, -0.05) is 23.7 Å². The van der Waals surface area contributed by atoms with Gasteiger partial charge in [-0.3, -0.25) is 5.43 Å². The van der Waals surface area contributed by atoms with E-state index in [0.29, 0.717) is 16.5 Å². The molecule has 2 N–H and O–H groups in total. The number of carbonyl (C=O) groups is 1. The van der Waals surface area contributed by atoms with Gasteiger partial charge in [-0.05, 0) is 30.3 Å². The van der Waals surface area contributed by atoms with Gasteiger partial charge in [0.15, 0.2) is 0 Å². The van der Waals surface area contributed by atoms with Crippen molar-refractivity contribution in [3.63, 3.8) is 0 Å². The minimum Gasteiger partial charge on any atom is -0.496 e. The molecule has 0 radical (unpaired) electrons. The zero-order chi connectivity index (χ0) is 15.2.